The van der Waals surface area contributed by atoms with Crippen molar-refractivity contribution in [3.8, 4) is 0 Å². The molecule has 0 radical (unpaired) electrons. The number of nitrogens with zero attached hydrogens (tertiary/aromatic N) is 1. The lowest BCUT2D eigenvalue weighted by Gasteiger charge is -2.32. The lowest BCUT2D eigenvalue weighted by atomic mass is 10.0. The molecule has 1 rings (SSSR count). The molecule has 1 aliphatic rings. The quantitative estimate of drug-likeness (QED) is 0.619. The van der Waals surface area contributed by atoms with E-state index in [0.717, 1.165) is 0 Å². The fourth-order valence-corrected chi connectivity index (χ4v) is 2.14. The summed E-state index contributed by atoms with van der Waals surface area (Å²) < 4.78 is 72.1. The van der Waals surface area contributed by atoms with Gasteiger partial charge in [0.05, 0.1) is 6.54 Å². The van der Waals surface area contributed by atoms with Gasteiger partial charge in [-0.2, -0.15) is 26.3 Å². The van der Waals surface area contributed by atoms with Crippen LogP contribution >= 0.6 is 0 Å². The standard InChI is InChI=1S/C11H18F6N2/c12-10(13,14)4-1-5-18-9-2-6-19(7-3-9)8-11(15,16)17/h9,18H,1-8H2. The molecule has 0 unspecified atom stereocenters. The number of piperidine rings is 1. The maximum atomic E-state index is 12.1. The van der Waals surface area contributed by atoms with Gasteiger partial charge >= 0.3 is 12.4 Å². The number of alkyl halides is 6. The number of rotatable bonds is 5. The average molecular weight is 292 g/mol. The normalized spacial score (nSPS) is 19.9. The molecule has 0 aromatic heterocycles. The van der Waals surface area contributed by atoms with E-state index in [1.54, 1.807) is 0 Å². The van der Waals surface area contributed by atoms with Crippen LogP contribution in [0.25, 0.3) is 0 Å². The first kappa shape index (κ1) is 16.6. The van der Waals surface area contributed by atoms with E-state index in [4.69, 9.17) is 0 Å². The van der Waals surface area contributed by atoms with Crippen LogP contribution in [-0.4, -0.2) is 49.5 Å². The minimum atomic E-state index is -4.19. The Morgan fingerprint density at radius 2 is 1.53 bits per heavy atom. The van der Waals surface area contributed by atoms with E-state index >= 15 is 0 Å². The Morgan fingerprint density at radius 3 is 2.00 bits per heavy atom. The number of halogens is 6. The third-order valence-corrected chi connectivity index (χ3v) is 3.06. The molecule has 0 saturated carbocycles. The monoisotopic (exact) mass is 292 g/mol. The molecule has 0 aromatic rings. The lowest BCUT2D eigenvalue weighted by Crippen LogP contribution is -2.45. The Labute approximate surface area is 108 Å². The van der Waals surface area contributed by atoms with Crippen LogP contribution in [0.2, 0.25) is 0 Å². The van der Waals surface area contributed by atoms with Crippen molar-refractivity contribution in [2.24, 2.45) is 0 Å². The molecule has 0 aliphatic carbocycles. The van der Waals surface area contributed by atoms with Crippen molar-refractivity contribution < 1.29 is 26.3 Å². The van der Waals surface area contributed by atoms with E-state index in [-0.39, 0.29) is 19.0 Å². The van der Waals surface area contributed by atoms with Crippen LogP contribution in [0.3, 0.4) is 0 Å². The molecule has 1 heterocycles. The van der Waals surface area contributed by atoms with Crippen LogP contribution in [0.5, 0.6) is 0 Å². The topological polar surface area (TPSA) is 15.3 Å². The molecule has 0 bridgehead atoms. The third kappa shape index (κ3) is 8.30. The van der Waals surface area contributed by atoms with Crippen molar-refractivity contribution in [2.75, 3.05) is 26.2 Å². The van der Waals surface area contributed by atoms with Gasteiger partial charge in [0.25, 0.3) is 0 Å². The highest BCUT2D eigenvalue weighted by Gasteiger charge is 2.32. The molecule has 0 spiro atoms. The van der Waals surface area contributed by atoms with Crippen LogP contribution < -0.4 is 5.32 Å². The van der Waals surface area contributed by atoms with Gasteiger partial charge in [-0.1, -0.05) is 0 Å². The molecule has 8 heteroatoms. The van der Waals surface area contributed by atoms with Crippen LogP contribution in [0.4, 0.5) is 26.3 Å². The summed E-state index contributed by atoms with van der Waals surface area (Å²) in [5, 5.41) is 2.97. The molecule has 19 heavy (non-hydrogen) atoms. The van der Waals surface area contributed by atoms with E-state index < -0.39 is 25.3 Å². The second-order valence-electron chi connectivity index (χ2n) is 4.84. The number of likely N-dealkylation sites (tertiary alicyclic amines) is 1. The highest BCUT2D eigenvalue weighted by atomic mass is 19.4. The Balaban J connectivity index is 2.10. The van der Waals surface area contributed by atoms with Crippen LogP contribution in [0, 0.1) is 0 Å². The molecule has 1 saturated heterocycles. The van der Waals surface area contributed by atoms with Gasteiger partial charge in [-0.3, -0.25) is 4.90 Å². The number of nitrogens with one attached hydrogen (secondary N) is 1. The molecule has 0 amide bonds. The first-order valence-electron chi connectivity index (χ1n) is 6.25. The summed E-state index contributed by atoms with van der Waals surface area (Å²) in [6, 6.07) is 0.0257. The zero-order valence-corrected chi connectivity index (χ0v) is 10.4. The summed E-state index contributed by atoms with van der Waals surface area (Å²) in [5.74, 6) is 0. The molecule has 0 aromatic carbocycles. The van der Waals surface area contributed by atoms with Gasteiger partial charge in [0.1, 0.15) is 0 Å². The van der Waals surface area contributed by atoms with E-state index in [2.05, 4.69) is 5.32 Å². The molecule has 2 nitrogen and oxygen atoms in total. The number of hydrogen-bond donors (Lipinski definition) is 1. The second-order valence-corrected chi connectivity index (χ2v) is 4.84. The van der Waals surface area contributed by atoms with Crippen molar-refractivity contribution in [1.29, 1.82) is 0 Å². The maximum Gasteiger partial charge on any atom is 0.401 e. The second kappa shape index (κ2) is 6.78. The highest BCUT2D eigenvalue weighted by Crippen LogP contribution is 2.22. The summed E-state index contributed by atoms with van der Waals surface area (Å²) >= 11 is 0. The van der Waals surface area contributed by atoms with Crippen molar-refractivity contribution in [1.82, 2.24) is 10.2 Å². The third-order valence-electron chi connectivity index (χ3n) is 3.06. The minimum Gasteiger partial charge on any atom is -0.314 e. The van der Waals surface area contributed by atoms with Crippen molar-refractivity contribution in [3.63, 3.8) is 0 Å². The van der Waals surface area contributed by atoms with Gasteiger partial charge in [0.2, 0.25) is 0 Å². The van der Waals surface area contributed by atoms with E-state index in [9.17, 15) is 26.3 Å². The summed E-state index contributed by atoms with van der Waals surface area (Å²) in [6.45, 7) is 0.00410. The molecule has 1 fully saturated rings. The Bertz CT molecular complexity index is 252. The number of hydrogen-bond acceptors (Lipinski definition) is 2. The van der Waals surface area contributed by atoms with Crippen molar-refractivity contribution >= 4 is 0 Å². The first-order valence-corrected chi connectivity index (χ1v) is 6.25. The molecule has 1 aliphatic heterocycles. The van der Waals surface area contributed by atoms with Gasteiger partial charge in [-0.25, -0.2) is 0 Å². The van der Waals surface area contributed by atoms with Gasteiger partial charge in [-0.15, -0.1) is 0 Å². The lowest BCUT2D eigenvalue weighted by molar-refractivity contribution is -0.148. The smallest absolute Gasteiger partial charge is 0.314 e. The Morgan fingerprint density at radius 1 is 0.947 bits per heavy atom. The fraction of sp³-hybridized carbons (Fsp3) is 1.00. The molecular weight excluding hydrogens is 274 g/mol. The van der Waals surface area contributed by atoms with Crippen LogP contribution in [-0.2, 0) is 0 Å². The SMILES string of the molecule is FC(F)(F)CCCNC1CCN(CC(F)(F)F)CC1. The molecule has 114 valence electrons. The largest absolute Gasteiger partial charge is 0.401 e. The zero-order chi connectivity index (χ0) is 14.5. The minimum absolute atomic E-state index is 0.00622. The summed E-state index contributed by atoms with van der Waals surface area (Å²) in [4.78, 5) is 1.33. The van der Waals surface area contributed by atoms with Crippen LogP contribution in [0.1, 0.15) is 25.7 Å². The fourth-order valence-electron chi connectivity index (χ4n) is 2.14. The molecule has 1 N–H and O–H groups in total. The maximum absolute atomic E-state index is 12.1. The van der Waals surface area contributed by atoms with Crippen LogP contribution in [0.15, 0.2) is 0 Å². The van der Waals surface area contributed by atoms with E-state index in [0.29, 0.717) is 25.9 Å². The Kier molecular flexibility index (Phi) is 5.91. The molecule has 0 atom stereocenters. The summed E-state index contributed by atoms with van der Waals surface area (Å²) in [7, 11) is 0. The van der Waals surface area contributed by atoms with E-state index in [1.165, 1.54) is 4.90 Å². The van der Waals surface area contributed by atoms with Crippen molar-refractivity contribution in [3.05, 3.63) is 0 Å². The first-order chi connectivity index (χ1) is 8.66. The van der Waals surface area contributed by atoms with Gasteiger partial charge in [-0.05, 0) is 38.9 Å². The van der Waals surface area contributed by atoms with E-state index in [1.807, 2.05) is 0 Å². The van der Waals surface area contributed by atoms with Gasteiger partial charge in [0.15, 0.2) is 0 Å². The highest BCUT2D eigenvalue weighted by molar-refractivity contribution is 4.78. The summed E-state index contributed by atoms with van der Waals surface area (Å²) in [5.41, 5.74) is 0. The zero-order valence-electron chi connectivity index (χ0n) is 10.4. The molecular formula is C11H18F6N2. The predicted octanol–water partition coefficient (Wildman–Crippen LogP) is 2.95. The Hall–Kier alpha value is -0.500. The average Bonchev–Trinajstić information content (AvgIpc) is 2.23. The van der Waals surface area contributed by atoms with Crippen molar-refractivity contribution in [2.45, 2.75) is 44.1 Å². The summed E-state index contributed by atoms with van der Waals surface area (Å²) in [6.07, 6.45) is -8.06. The van der Waals surface area contributed by atoms with Gasteiger partial charge in [0, 0.05) is 12.5 Å². The predicted molar refractivity (Wildman–Crippen MR) is 58.8 cm³/mol. The van der Waals surface area contributed by atoms with Gasteiger partial charge < -0.3 is 5.32 Å².